The lowest BCUT2D eigenvalue weighted by atomic mass is 9.84. The highest BCUT2D eigenvalue weighted by atomic mass is 32.2. The summed E-state index contributed by atoms with van der Waals surface area (Å²) in [4.78, 5) is 19.7. The molecule has 1 aromatic heterocycles. The van der Waals surface area contributed by atoms with E-state index in [0.717, 1.165) is 63.6 Å². The van der Waals surface area contributed by atoms with E-state index in [1.54, 1.807) is 11.2 Å². The second kappa shape index (κ2) is 11.7. The fourth-order valence-electron chi connectivity index (χ4n) is 5.98. The summed E-state index contributed by atoms with van der Waals surface area (Å²) in [7, 11) is 0. The van der Waals surface area contributed by atoms with Crippen LogP contribution >= 0.6 is 0 Å². The Morgan fingerprint density at radius 2 is 2.08 bits per heavy atom. The number of anilines is 3. The number of carboxylic acids is 1. The second-order valence-corrected chi connectivity index (χ2v) is 12.2. The molecule has 0 radical (unpaired) electrons. The largest absolute Gasteiger partial charge is 0.593 e. The third-order valence-corrected chi connectivity index (χ3v) is 9.74. The number of aryl methyl sites for hydroxylation is 1. The Morgan fingerprint density at radius 1 is 1.27 bits per heavy atom. The number of pyridine rings is 1. The average Bonchev–Trinajstić information content (AvgIpc) is 3.37. The Kier molecular flexibility index (Phi) is 8.23. The van der Waals surface area contributed by atoms with Gasteiger partial charge in [-0.2, -0.15) is 0 Å². The molecule has 40 heavy (non-hydrogen) atoms. The van der Waals surface area contributed by atoms with Gasteiger partial charge in [0.25, 0.3) is 0 Å². The van der Waals surface area contributed by atoms with Crippen molar-refractivity contribution in [3.63, 3.8) is 0 Å². The normalized spacial score (nSPS) is 19.6. The van der Waals surface area contributed by atoms with E-state index in [1.165, 1.54) is 0 Å². The monoisotopic (exact) mass is 562 g/mol. The first-order chi connectivity index (χ1) is 19.2. The molecule has 9 nitrogen and oxygen atoms in total. The van der Waals surface area contributed by atoms with Crippen LogP contribution in [0.15, 0.2) is 53.6 Å². The number of fused-ring (bicyclic) bond motifs is 3. The molecule has 3 aromatic rings. The van der Waals surface area contributed by atoms with Crippen molar-refractivity contribution in [3.8, 4) is 0 Å². The van der Waals surface area contributed by atoms with Crippen molar-refractivity contribution in [3.05, 3.63) is 76.5 Å². The van der Waals surface area contributed by atoms with Crippen molar-refractivity contribution in [1.29, 1.82) is 0 Å². The van der Waals surface area contributed by atoms with Crippen LogP contribution < -0.4 is 21.5 Å². The number of nitrogens with two attached hydrogens (primary N) is 2. The predicted molar refractivity (Wildman–Crippen MR) is 159 cm³/mol. The molecule has 2 aliphatic heterocycles. The average molecular weight is 563 g/mol. The van der Waals surface area contributed by atoms with E-state index in [-0.39, 0.29) is 12.5 Å². The molecule has 3 heterocycles. The van der Waals surface area contributed by atoms with Gasteiger partial charge in [-0.15, -0.1) is 4.31 Å². The molecule has 1 fully saturated rings. The maximum Gasteiger partial charge on any atom is 0.304 e. The zero-order valence-corrected chi connectivity index (χ0v) is 24.2. The molecule has 0 saturated carbocycles. The van der Waals surface area contributed by atoms with Gasteiger partial charge in [0.05, 0.1) is 42.2 Å². The number of carbonyl (C=O) groups is 1. The molecule has 10 heteroatoms. The first-order valence-electron chi connectivity index (χ1n) is 13.8. The Balaban J connectivity index is 1.50. The zero-order valence-electron chi connectivity index (χ0n) is 23.3. The maximum atomic E-state index is 13.8. The van der Waals surface area contributed by atoms with Crippen molar-refractivity contribution in [2.75, 3.05) is 35.3 Å². The minimum Gasteiger partial charge on any atom is -0.593 e. The van der Waals surface area contributed by atoms with Gasteiger partial charge in [0.15, 0.2) is 5.82 Å². The molecule has 212 valence electrons. The summed E-state index contributed by atoms with van der Waals surface area (Å²) in [6.07, 6.45) is 3.83. The minimum atomic E-state index is -1.36. The van der Waals surface area contributed by atoms with Crippen molar-refractivity contribution in [2.45, 2.75) is 63.4 Å². The summed E-state index contributed by atoms with van der Waals surface area (Å²) in [5.74, 6) is 5.66. The molecule has 5 rings (SSSR count). The van der Waals surface area contributed by atoms with E-state index in [4.69, 9.17) is 11.6 Å². The summed E-state index contributed by atoms with van der Waals surface area (Å²) >= 11 is -1.36. The van der Waals surface area contributed by atoms with Gasteiger partial charge in [0.2, 0.25) is 4.90 Å². The molecular weight excluding hydrogens is 524 g/mol. The molecular formula is C30H38N6O3S. The molecule has 0 amide bonds. The van der Waals surface area contributed by atoms with Crippen LogP contribution in [0.2, 0.25) is 0 Å². The van der Waals surface area contributed by atoms with E-state index in [0.29, 0.717) is 25.3 Å². The molecule has 0 bridgehead atoms. The van der Waals surface area contributed by atoms with Gasteiger partial charge in [-0.1, -0.05) is 24.3 Å². The zero-order chi connectivity index (χ0) is 28.6. The van der Waals surface area contributed by atoms with E-state index in [1.807, 2.05) is 61.5 Å². The van der Waals surface area contributed by atoms with E-state index < -0.39 is 23.2 Å². The Bertz CT molecular complexity index is 1400. The van der Waals surface area contributed by atoms with Gasteiger partial charge in [-0.3, -0.25) is 4.79 Å². The van der Waals surface area contributed by atoms with Crippen molar-refractivity contribution >= 4 is 34.5 Å². The number of hydrogen-bond donors (Lipinski definition) is 3. The van der Waals surface area contributed by atoms with Crippen LogP contribution in [0.25, 0.3) is 0 Å². The van der Waals surface area contributed by atoms with Gasteiger partial charge in [-0.25, -0.2) is 10.8 Å². The Labute approximate surface area is 239 Å². The predicted octanol–water partition coefficient (Wildman–Crippen LogP) is 4.09. The SMILES string of the molecule is CCN(N)c1ccc(C(CC(=O)O)c2ccc(C)c(CN3CC4CCCN4c4ncccc4[S+]3[O-])c2)c(C)c1N. The number of nitrogens with zero attached hydrogens (tertiary/aromatic N) is 4. The van der Waals surface area contributed by atoms with Crippen molar-refractivity contribution in [1.82, 2.24) is 9.29 Å². The molecule has 2 aliphatic rings. The van der Waals surface area contributed by atoms with Crippen molar-refractivity contribution < 1.29 is 14.5 Å². The molecule has 5 N–H and O–H groups in total. The van der Waals surface area contributed by atoms with E-state index in [9.17, 15) is 14.5 Å². The summed E-state index contributed by atoms with van der Waals surface area (Å²) in [6.45, 7) is 8.59. The summed E-state index contributed by atoms with van der Waals surface area (Å²) in [5, 5.41) is 11.4. The highest BCUT2D eigenvalue weighted by Gasteiger charge is 2.40. The molecule has 2 aromatic carbocycles. The summed E-state index contributed by atoms with van der Waals surface area (Å²) in [6, 6.07) is 13.9. The number of rotatable bonds is 8. The van der Waals surface area contributed by atoms with E-state index >= 15 is 0 Å². The van der Waals surface area contributed by atoms with Crippen LogP contribution in [0.1, 0.15) is 59.9 Å². The minimum absolute atomic E-state index is 0.0754. The van der Waals surface area contributed by atoms with Crippen LogP contribution in [0.3, 0.4) is 0 Å². The highest BCUT2D eigenvalue weighted by molar-refractivity contribution is 7.89. The van der Waals surface area contributed by atoms with Crippen LogP contribution in [-0.2, 0) is 22.7 Å². The highest BCUT2D eigenvalue weighted by Crippen LogP contribution is 2.39. The smallest absolute Gasteiger partial charge is 0.304 e. The molecule has 0 aliphatic carbocycles. The van der Waals surface area contributed by atoms with Crippen molar-refractivity contribution in [2.24, 2.45) is 5.84 Å². The van der Waals surface area contributed by atoms with Gasteiger partial charge >= 0.3 is 5.97 Å². The molecule has 1 saturated heterocycles. The number of carboxylic acid groups (broad SMARTS) is 1. The van der Waals surface area contributed by atoms with Gasteiger partial charge in [-0.05, 0) is 73.6 Å². The standard InChI is InChI=1S/C30H38N6O3S/c1-4-36(32)26-12-11-24(20(3)29(26)31)25(16-28(37)38)21-10-9-19(2)22(15-21)17-34-18-23-7-6-14-35(23)30-27(40(34)39)8-5-13-33-30/h5,8-13,15,23,25H,4,6-7,14,16-18,31-32H2,1-3H3,(H,37,38). The van der Waals surface area contributed by atoms with Gasteiger partial charge < -0.3 is 25.3 Å². The van der Waals surface area contributed by atoms with Gasteiger partial charge in [0, 0.05) is 37.3 Å². The lowest BCUT2D eigenvalue weighted by molar-refractivity contribution is -0.137. The topological polar surface area (TPSA) is 135 Å². The number of aromatic nitrogens is 1. The Morgan fingerprint density at radius 3 is 2.83 bits per heavy atom. The second-order valence-electron chi connectivity index (χ2n) is 10.7. The Hall–Kier alpha value is -3.31. The summed E-state index contributed by atoms with van der Waals surface area (Å²) < 4.78 is 15.9. The summed E-state index contributed by atoms with van der Waals surface area (Å²) in [5.41, 5.74) is 12.4. The first-order valence-corrected chi connectivity index (χ1v) is 14.9. The first kappa shape index (κ1) is 28.2. The number of hydrogen-bond acceptors (Lipinski definition) is 8. The quantitative estimate of drug-likeness (QED) is 0.160. The number of hydrazine groups is 1. The fraction of sp³-hybridized carbons (Fsp3) is 0.400. The third kappa shape index (κ3) is 5.36. The van der Waals surface area contributed by atoms with Crippen LogP contribution in [-0.4, -0.2) is 50.6 Å². The molecule has 3 unspecified atom stereocenters. The lowest BCUT2D eigenvalue weighted by Gasteiger charge is -2.27. The van der Waals surface area contributed by atoms with E-state index in [2.05, 4.69) is 16.0 Å². The number of aliphatic carboxylic acids is 1. The number of nitrogen functional groups attached to an aromatic ring is 1. The third-order valence-electron chi connectivity index (χ3n) is 8.30. The number of benzene rings is 2. The fourth-order valence-corrected chi connectivity index (χ4v) is 7.35. The molecule has 0 spiro atoms. The van der Waals surface area contributed by atoms with Crippen LogP contribution in [0, 0.1) is 13.8 Å². The van der Waals surface area contributed by atoms with Gasteiger partial charge in [0.1, 0.15) is 0 Å². The lowest BCUT2D eigenvalue weighted by Crippen LogP contribution is -2.39. The maximum absolute atomic E-state index is 13.8. The van der Waals surface area contributed by atoms with Crippen LogP contribution in [0.4, 0.5) is 17.2 Å². The molecule has 3 atom stereocenters. The van der Waals surface area contributed by atoms with Crippen LogP contribution in [0.5, 0.6) is 0 Å².